The fourth-order valence-electron chi connectivity index (χ4n) is 1.57. The number of nitrogens with zero attached hydrogens (tertiary/aromatic N) is 3. The molecule has 2 rings (SSSR count). The molecule has 1 fully saturated rings. The molecule has 68 valence electrons. The van der Waals surface area contributed by atoms with Crippen molar-refractivity contribution >= 4 is 11.5 Å². The summed E-state index contributed by atoms with van der Waals surface area (Å²) in [6.07, 6.45) is 3.98. The molecule has 4 heteroatoms. The maximum Gasteiger partial charge on any atom is 0.128 e. The molecule has 0 saturated carbocycles. The van der Waals surface area contributed by atoms with Gasteiger partial charge >= 0.3 is 0 Å². The van der Waals surface area contributed by atoms with Crippen molar-refractivity contribution in [3.8, 4) is 0 Å². The molecule has 0 atom stereocenters. The van der Waals surface area contributed by atoms with Crippen LogP contribution < -0.4 is 4.90 Å². The molecule has 1 aliphatic heterocycles. The lowest BCUT2D eigenvalue weighted by Crippen LogP contribution is -2.18. The van der Waals surface area contributed by atoms with Crippen molar-refractivity contribution < 1.29 is 0 Å². The quantitative estimate of drug-likeness (QED) is 0.649. The second kappa shape index (κ2) is 3.51. The van der Waals surface area contributed by atoms with Gasteiger partial charge in [-0.3, -0.25) is 0 Å². The van der Waals surface area contributed by atoms with Crippen LogP contribution in [0.2, 0.25) is 0 Å². The Balaban J connectivity index is 2.16. The van der Waals surface area contributed by atoms with Gasteiger partial charge in [0, 0.05) is 13.1 Å². The highest BCUT2D eigenvalue weighted by Gasteiger charge is 2.12. The molecule has 1 aliphatic rings. The summed E-state index contributed by atoms with van der Waals surface area (Å²) >= 11 is 0. The monoisotopic (exact) mass is 177 g/mol. The average Bonchev–Trinajstić information content (AvgIpc) is 2.71. The minimum atomic E-state index is 0.392. The van der Waals surface area contributed by atoms with Gasteiger partial charge < -0.3 is 4.90 Å². The topological polar surface area (TPSA) is 45.6 Å². The first-order valence-corrected chi connectivity index (χ1v) is 4.44. The Kier molecular flexibility index (Phi) is 2.21. The lowest BCUT2D eigenvalue weighted by molar-refractivity contribution is 0.937. The largest absolute Gasteiger partial charge is 0.357 e. The lowest BCUT2D eigenvalue weighted by atomic mass is 10.4. The van der Waals surface area contributed by atoms with E-state index in [1.54, 1.807) is 6.07 Å². The summed E-state index contributed by atoms with van der Waals surface area (Å²) in [5.74, 6) is 0.949. The van der Waals surface area contributed by atoms with Crippen LogP contribution in [0.15, 0.2) is 23.5 Å². The van der Waals surface area contributed by atoms with E-state index >= 15 is 0 Å². The number of rotatable bonds is 2. The molecular weight excluding hydrogens is 166 g/mol. The molecule has 0 radical (unpaired) electrons. The summed E-state index contributed by atoms with van der Waals surface area (Å²) in [6.45, 7) is 2.14. The molecule has 0 bridgehead atoms. The van der Waals surface area contributed by atoms with E-state index in [9.17, 15) is 4.91 Å². The van der Waals surface area contributed by atoms with Crippen LogP contribution >= 0.6 is 0 Å². The maximum absolute atomic E-state index is 10.1. The lowest BCUT2D eigenvalue weighted by Gasteiger charge is -2.15. The van der Waals surface area contributed by atoms with Gasteiger partial charge in [0.1, 0.15) is 11.5 Å². The number of nitroso groups, excluding NO2 is 1. The number of pyridine rings is 1. The van der Waals surface area contributed by atoms with Crippen molar-refractivity contribution in [1.29, 1.82) is 0 Å². The van der Waals surface area contributed by atoms with Crippen LogP contribution in [0.1, 0.15) is 12.8 Å². The molecule has 4 nitrogen and oxygen atoms in total. The predicted molar refractivity (Wildman–Crippen MR) is 51.1 cm³/mol. The first kappa shape index (κ1) is 8.16. The molecule has 13 heavy (non-hydrogen) atoms. The maximum atomic E-state index is 10.1. The zero-order valence-electron chi connectivity index (χ0n) is 7.31. The van der Waals surface area contributed by atoms with Crippen LogP contribution in [0.3, 0.4) is 0 Å². The highest BCUT2D eigenvalue weighted by Crippen LogP contribution is 2.19. The van der Waals surface area contributed by atoms with Crippen LogP contribution in [0.4, 0.5) is 11.5 Å². The van der Waals surface area contributed by atoms with Crippen molar-refractivity contribution in [3.63, 3.8) is 0 Å². The number of anilines is 1. The molecule has 0 N–H and O–H groups in total. The summed E-state index contributed by atoms with van der Waals surface area (Å²) in [6, 6.07) is 3.55. The average molecular weight is 177 g/mol. The third-order valence-corrected chi connectivity index (χ3v) is 2.27. The molecule has 0 aliphatic carbocycles. The Bertz CT molecular complexity index is 290. The van der Waals surface area contributed by atoms with Crippen LogP contribution in [-0.4, -0.2) is 18.1 Å². The Labute approximate surface area is 76.6 Å². The molecule has 0 spiro atoms. The van der Waals surface area contributed by atoms with Crippen LogP contribution in [0.5, 0.6) is 0 Å². The molecule has 1 aromatic heterocycles. The zero-order chi connectivity index (χ0) is 9.10. The number of hydrogen-bond donors (Lipinski definition) is 0. The second-order valence-electron chi connectivity index (χ2n) is 3.16. The van der Waals surface area contributed by atoms with E-state index in [0.717, 1.165) is 18.9 Å². The Hall–Kier alpha value is -1.45. The fraction of sp³-hybridized carbons (Fsp3) is 0.444. The minimum Gasteiger partial charge on any atom is -0.357 e. The van der Waals surface area contributed by atoms with E-state index in [-0.39, 0.29) is 0 Å². The normalized spacial score (nSPS) is 16.2. The molecule has 1 saturated heterocycles. The molecule has 0 unspecified atom stereocenters. The van der Waals surface area contributed by atoms with Crippen molar-refractivity contribution in [2.75, 3.05) is 18.0 Å². The van der Waals surface area contributed by atoms with Crippen molar-refractivity contribution in [2.24, 2.45) is 5.18 Å². The van der Waals surface area contributed by atoms with E-state index in [2.05, 4.69) is 15.1 Å². The highest BCUT2D eigenvalue weighted by atomic mass is 16.3. The molecule has 2 heterocycles. The summed E-state index contributed by atoms with van der Waals surface area (Å²) in [5.41, 5.74) is 0.392. The van der Waals surface area contributed by atoms with E-state index in [0.29, 0.717) is 5.69 Å². The smallest absolute Gasteiger partial charge is 0.128 e. The third kappa shape index (κ3) is 1.66. The van der Waals surface area contributed by atoms with E-state index in [1.807, 2.05) is 6.07 Å². The van der Waals surface area contributed by atoms with Crippen LogP contribution in [0.25, 0.3) is 0 Å². The van der Waals surface area contributed by atoms with Gasteiger partial charge in [-0.15, -0.1) is 4.91 Å². The molecule has 0 aromatic carbocycles. The van der Waals surface area contributed by atoms with E-state index in [4.69, 9.17) is 0 Å². The molecule has 1 aromatic rings. The third-order valence-electron chi connectivity index (χ3n) is 2.27. The van der Waals surface area contributed by atoms with Gasteiger partial charge in [-0.1, -0.05) is 0 Å². The van der Waals surface area contributed by atoms with Gasteiger partial charge in [0.05, 0.1) is 6.20 Å². The molecular formula is C9H11N3O. The SMILES string of the molecule is O=Nc1ccc(N2CCCC2)nc1. The van der Waals surface area contributed by atoms with Gasteiger partial charge in [0.15, 0.2) is 0 Å². The van der Waals surface area contributed by atoms with Crippen molar-refractivity contribution in [1.82, 2.24) is 4.98 Å². The fourth-order valence-corrected chi connectivity index (χ4v) is 1.57. The summed E-state index contributed by atoms with van der Waals surface area (Å²) in [5, 5.41) is 2.81. The highest BCUT2D eigenvalue weighted by molar-refractivity contribution is 5.45. The summed E-state index contributed by atoms with van der Waals surface area (Å²) < 4.78 is 0. The standard InChI is InChI=1S/C9H11N3O/c13-11-8-3-4-9(10-7-8)12-5-1-2-6-12/h3-4,7H,1-2,5-6H2. The van der Waals surface area contributed by atoms with Gasteiger partial charge in [0.25, 0.3) is 0 Å². The van der Waals surface area contributed by atoms with Crippen molar-refractivity contribution in [2.45, 2.75) is 12.8 Å². The van der Waals surface area contributed by atoms with Crippen molar-refractivity contribution in [3.05, 3.63) is 23.2 Å². The van der Waals surface area contributed by atoms with Gasteiger partial charge in [0.2, 0.25) is 0 Å². The predicted octanol–water partition coefficient (Wildman–Crippen LogP) is 2.08. The Morgan fingerprint density at radius 1 is 1.31 bits per heavy atom. The molecule has 0 amide bonds. The van der Waals surface area contributed by atoms with E-state index in [1.165, 1.54) is 19.0 Å². The van der Waals surface area contributed by atoms with Crippen LogP contribution in [0, 0.1) is 4.91 Å². The van der Waals surface area contributed by atoms with Gasteiger partial charge in [-0.25, -0.2) is 4.98 Å². The van der Waals surface area contributed by atoms with Gasteiger partial charge in [-0.2, -0.15) is 0 Å². The van der Waals surface area contributed by atoms with Crippen LogP contribution in [-0.2, 0) is 0 Å². The minimum absolute atomic E-state index is 0.392. The first-order valence-electron chi connectivity index (χ1n) is 4.44. The number of hydrogen-bond acceptors (Lipinski definition) is 4. The van der Waals surface area contributed by atoms with Gasteiger partial charge in [-0.05, 0) is 30.2 Å². The first-order chi connectivity index (χ1) is 6.40. The summed E-state index contributed by atoms with van der Waals surface area (Å²) in [7, 11) is 0. The number of aromatic nitrogens is 1. The summed E-state index contributed by atoms with van der Waals surface area (Å²) in [4.78, 5) is 16.5. The van der Waals surface area contributed by atoms with E-state index < -0.39 is 0 Å². The second-order valence-corrected chi connectivity index (χ2v) is 3.16. The zero-order valence-corrected chi connectivity index (χ0v) is 7.31. The Morgan fingerprint density at radius 2 is 2.08 bits per heavy atom. The Morgan fingerprint density at radius 3 is 2.62 bits per heavy atom.